The highest BCUT2D eigenvalue weighted by atomic mass is 16.2. The van der Waals surface area contributed by atoms with Gasteiger partial charge >= 0.3 is 0 Å². The molecule has 2 atom stereocenters. The van der Waals surface area contributed by atoms with E-state index in [4.69, 9.17) is 0 Å². The molecule has 1 heterocycles. The molecule has 0 aliphatic carbocycles. The highest BCUT2D eigenvalue weighted by Gasteiger charge is 2.20. The Labute approximate surface area is 121 Å². The third-order valence-electron chi connectivity index (χ3n) is 4.02. The van der Waals surface area contributed by atoms with Gasteiger partial charge in [-0.05, 0) is 45.5 Å². The molecule has 0 radical (unpaired) electrons. The van der Waals surface area contributed by atoms with E-state index in [0.29, 0.717) is 6.04 Å². The van der Waals surface area contributed by atoms with Crippen LogP contribution >= 0.6 is 0 Å². The molecule has 0 aromatic heterocycles. The maximum absolute atomic E-state index is 12.1. The number of amides is 1. The zero-order valence-corrected chi connectivity index (χ0v) is 12.4. The van der Waals surface area contributed by atoms with Gasteiger partial charge in [-0.25, -0.2) is 0 Å². The van der Waals surface area contributed by atoms with Gasteiger partial charge in [0.15, 0.2) is 0 Å². The molecule has 0 spiro atoms. The first-order valence-corrected chi connectivity index (χ1v) is 7.46. The Morgan fingerprint density at radius 2 is 2.10 bits per heavy atom. The van der Waals surface area contributed by atoms with E-state index >= 15 is 0 Å². The molecule has 1 aliphatic rings. The van der Waals surface area contributed by atoms with Gasteiger partial charge in [0.1, 0.15) is 0 Å². The molecule has 4 nitrogen and oxygen atoms in total. The van der Waals surface area contributed by atoms with Crippen LogP contribution in [0.2, 0.25) is 0 Å². The Kier molecular flexibility index (Phi) is 5.56. The van der Waals surface area contributed by atoms with Gasteiger partial charge in [0.2, 0.25) is 5.91 Å². The fraction of sp³-hybridized carbons (Fsp3) is 0.562. The van der Waals surface area contributed by atoms with E-state index in [1.54, 1.807) is 0 Å². The number of hydrogen-bond acceptors (Lipinski definition) is 3. The summed E-state index contributed by atoms with van der Waals surface area (Å²) in [4.78, 5) is 14.5. The number of nitrogens with zero attached hydrogens (tertiary/aromatic N) is 1. The van der Waals surface area contributed by atoms with Crippen molar-refractivity contribution < 1.29 is 4.79 Å². The van der Waals surface area contributed by atoms with E-state index in [0.717, 1.165) is 18.8 Å². The number of likely N-dealkylation sites (tertiary alicyclic amines) is 1. The van der Waals surface area contributed by atoms with Gasteiger partial charge in [-0.3, -0.25) is 4.79 Å². The molecule has 20 heavy (non-hydrogen) atoms. The highest BCUT2D eigenvalue weighted by Crippen LogP contribution is 2.14. The number of nitrogens with one attached hydrogen (secondary N) is 2. The van der Waals surface area contributed by atoms with Crippen molar-refractivity contribution >= 4 is 11.6 Å². The third-order valence-corrected chi connectivity index (χ3v) is 4.02. The van der Waals surface area contributed by atoms with Crippen molar-refractivity contribution in [3.8, 4) is 0 Å². The van der Waals surface area contributed by atoms with Crippen molar-refractivity contribution in [3.63, 3.8) is 0 Å². The van der Waals surface area contributed by atoms with Crippen LogP contribution in [0.15, 0.2) is 30.3 Å². The predicted molar refractivity (Wildman–Crippen MR) is 82.8 cm³/mol. The standard InChI is InChI=1S/C16H25N3O/c1-13(16(20)18-14-8-4-3-5-9-14)17-12-15-10-6-7-11-19(15)2/h3-5,8-9,13,15,17H,6-7,10-12H2,1-2H3,(H,18,20). The molecule has 1 saturated heterocycles. The second-order valence-corrected chi connectivity index (χ2v) is 5.62. The molecule has 0 bridgehead atoms. The topological polar surface area (TPSA) is 44.4 Å². The van der Waals surface area contributed by atoms with Crippen molar-refractivity contribution in [3.05, 3.63) is 30.3 Å². The minimum Gasteiger partial charge on any atom is -0.325 e. The van der Waals surface area contributed by atoms with Crippen molar-refractivity contribution in [1.29, 1.82) is 0 Å². The number of carbonyl (C=O) groups is 1. The number of likely N-dealkylation sites (N-methyl/N-ethyl adjacent to an activating group) is 1. The van der Waals surface area contributed by atoms with Gasteiger partial charge in [0.05, 0.1) is 6.04 Å². The van der Waals surface area contributed by atoms with Crippen LogP contribution in [-0.2, 0) is 4.79 Å². The minimum absolute atomic E-state index is 0.0228. The number of hydrogen-bond donors (Lipinski definition) is 2. The zero-order valence-electron chi connectivity index (χ0n) is 12.4. The summed E-state index contributed by atoms with van der Waals surface area (Å²) < 4.78 is 0. The largest absolute Gasteiger partial charge is 0.325 e. The molecule has 1 aromatic rings. The van der Waals surface area contributed by atoms with Crippen LogP contribution in [0.4, 0.5) is 5.69 Å². The molecule has 2 rings (SSSR count). The van der Waals surface area contributed by atoms with Gasteiger partial charge < -0.3 is 15.5 Å². The summed E-state index contributed by atoms with van der Waals surface area (Å²) in [7, 11) is 2.17. The summed E-state index contributed by atoms with van der Waals surface area (Å²) in [5.74, 6) is 0.0228. The molecule has 1 amide bonds. The number of piperidine rings is 1. The first-order valence-electron chi connectivity index (χ1n) is 7.46. The molecule has 1 aromatic carbocycles. The van der Waals surface area contributed by atoms with Crippen molar-refractivity contribution in [1.82, 2.24) is 10.2 Å². The Morgan fingerprint density at radius 1 is 1.35 bits per heavy atom. The first kappa shape index (κ1) is 15.0. The van der Waals surface area contributed by atoms with Crippen LogP contribution in [0.3, 0.4) is 0 Å². The average Bonchev–Trinajstić information content (AvgIpc) is 2.47. The number of rotatable bonds is 5. The number of carbonyl (C=O) groups excluding carboxylic acids is 1. The maximum Gasteiger partial charge on any atom is 0.241 e. The fourth-order valence-corrected chi connectivity index (χ4v) is 2.58. The Bertz CT molecular complexity index is 421. The van der Waals surface area contributed by atoms with Gasteiger partial charge in [-0.1, -0.05) is 24.6 Å². The quantitative estimate of drug-likeness (QED) is 0.865. The SMILES string of the molecule is CC(NCC1CCCCN1C)C(=O)Nc1ccccc1. The monoisotopic (exact) mass is 275 g/mol. The second-order valence-electron chi connectivity index (χ2n) is 5.62. The number of benzene rings is 1. The number of anilines is 1. The maximum atomic E-state index is 12.1. The second kappa shape index (κ2) is 7.41. The van der Waals surface area contributed by atoms with Crippen molar-refractivity contribution in [2.24, 2.45) is 0 Å². The normalized spacial score (nSPS) is 21.4. The predicted octanol–water partition coefficient (Wildman–Crippen LogP) is 2.09. The summed E-state index contributed by atoms with van der Waals surface area (Å²) in [6.07, 6.45) is 3.80. The van der Waals surface area contributed by atoms with Gasteiger partial charge in [-0.2, -0.15) is 0 Å². The molecule has 110 valence electrons. The van der Waals surface area contributed by atoms with Crippen LogP contribution in [0.25, 0.3) is 0 Å². The van der Waals surface area contributed by atoms with E-state index in [-0.39, 0.29) is 11.9 Å². The highest BCUT2D eigenvalue weighted by molar-refractivity contribution is 5.94. The smallest absolute Gasteiger partial charge is 0.241 e. The van der Waals surface area contributed by atoms with E-state index in [9.17, 15) is 4.79 Å². The van der Waals surface area contributed by atoms with E-state index in [2.05, 4.69) is 22.6 Å². The molecular weight excluding hydrogens is 250 g/mol. The summed E-state index contributed by atoms with van der Waals surface area (Å²) in [5, 5.41) is 6.27. The van der Waals surface area contributed by atoms with Crippen LogP contribution < -0.4 is 10.6 Å². The number of para-hydroxylation sites is 1. The summed E-state index contributed by atoms with van der Waals surface area (Å²) >= 11 is 0. The molecular formula is C16H25N3O. The van der Waals surface area contributed by atoms with Crippen LogP contribution in [-0.4, -0.2) is 43.0 Å². The molecule has 1 fully saturated rings. The lowest BCUT2D eigenvalue weighted by molar-refractivity contribution is -0.117. The van der Waals surface area contributed by atoms with E-state index in [1.165, 1.54) is 19.3 Å². The first-order chi connectivity index (χ1) is 9.66. The van der Waals surface area contributed by atoms with Crippen molar-refractivity contribution in [2.45, 2.75) is 38.3 Å². The van der Waals surface area contributed by atoms with Crippen LogP contribution in [0.1, 0.15) is 26.2 Å². The fourth-order valence-electron chi connectivity index (χ4n) is 2.58. The Balaban J connectivity index is 1.76. The summed E-state index contributed by atoms with van der Waals surface area (Å²) in [5.41, 5.74) is 0.848. The van der Waals surface area contributed by atoms with E-state index < -0.39 is 0 Å². The van der Waals surface area contributed by atoms with Crippen LogP contribution in [0, 0.1) is 0 Å². The molecule has 4 heteroatoms. The minimum atomic E-state index is -0.175. The van der Waals surface area contributed by atoms with Gasteiger partial charge in [0, 0.05) is 18.3 Å². The average molecular weight is 275 g/mol. The molecule has 0 saturated carbocycles. The molecule has 2 unspecified atom stereocenters. The van der Waals surface area contributed by atoms with Gasteiger partial charge in [0.25, 0.3) is 0 Å². The summed E-state index contributed by atoms with van der Waals surface area (Å²) in [6, 6.07) is 9.96. The van der Waals surface area contributed by atoms with E-state index in [1.807, 2.05) is 37.3 Å². The van der Waals surface area contributed by atoms with Crippen molar-refractivity contribution in [2.75, 3.05) is 25.5 Å². The zero-order chi connectivity index (χ0) is 14.4. The lowest BCUT2D eigenvalue weighted by Gasteiger charge is -2.33. The van der Waals surface area contributed by atoms with Crippen LogP contribution in [0.5, 0.6) is 0 Å². The third kappa shape index (κ3) is 4.32. The molecule has 1 aliphatic heterocycles. The van der Waals surface area contributed by atoms with Gasteiger partial charge in [-0.15, -0.1) is 0 Å². The Morgan fingerprint density at radius 3 is 2.80 bits per heavy atom. The molecule has 2 N–H and O–H groups in total. The lowest BCUT2D eigenvalue weighted by atomic mass is 10.0. The Hall–Kier alpha value is -1.39. The lowest BCUT2D eigenvalue weighted by Crippen LogP contribution is -2.47. The summed E-state index contributed by atoms with van der Waals surface area (Å²) in [6.45, 7) is 3.96.